The Labute approximate surface area is 149 Å². The zero-order valence-corrected chi connectivity index (χ0v) is 15.2. The van der Waals surface area contributed by atoms with Gasteiger partial charge in [0.05, 0.1) is 0 Å². The van der Waals surface area contributed by atoms with E-state index in [2.05, 4.69) is 69.6 Å². The minimum atomic E-state index is 0.669. The molecule has 1 aliphatic carbocycles. The van der Waals surface area contributed by atoms with Gasteiger partial charge in [-0.15, -0.1) is 10.2 Å². The zero-order chi connectivity index (χ0) is 17.5. The highest BCUT2D eigenvalue weighted by Crippen LogP contribution is 2.47. The molecule has 0 amide bonds. The third-order valence-corrected chi connectivity index (χ3v) is 4.64. The fourth-order valence-corrected chi connectivity index (χ4v) is 3.14. The third-order valence-electron chi connectivity index (χ3n) is 4.64. The number of nitrogens with zero attached hydrogens (tertiary/aromatic N) is 4. The molecule has 2 unspecified atom stereocenters. The van der Waals surface area contributed by atoms with Gasteiger partial charge in [0.2, 0.25) is 0 Å². The van der Waals surface area contributed by atoms with Crippen LogP contribution >= 0.6 is 0 Å². The Balaban J connectivity index is 1.47. The van der Waals surface area contributed by atoms with Gasteiger partial charge in [0, 0.05) is 32.6 Å². The smallest absolute Gasteiger partial charge is 0.191 e. The summed E-state index contributed by atoms with van der Waals surface area (Å²) >= 11 is 0. The van der Waals surface area contributed by atoms with Crippen molar-refractivity contribution in [3.63, 3.8) is 0 Å². The summed E-state index contributed by atoms with van der Waals surface area (Å²) in [6, 6.07) is 10.8. The molecule has 0 spiro atoms. The summed E-state index contributed by atoms with van der Waals surface area (Å²) in [4.78, 5) is 4.77. The normalized spacial score (nSPS) is 19.7. The molecule has 2 aromatic rings. The second-order valence-electron chi connectivity index (χ2n) is 6.45. The van der Waals surface area contributed by atoms with Crippen molar-refractivity contribution in [1.82, 2.24) is 25.4 Å². The van der Waals surface area contributed by atoms with Crippen LogP contribution in [0.4, 0.5) is 0 Å². The lowest BCUT2D eigenvalue weighted by atomic mass is 10.1. The molecule has 3 rings (SSSR count). The molecule has 1 aromatic heterocycles. The van der Waals surface area contributed by atoms with Gasteiger partial charge in [-0.05, 0) is 30.7 Å². The Morgan fingerprint density at radius 1 is 1.24 bits per heavy atom. The second kappa shape index (κ2) is 8.65. The largest absolute Gasteiger partial charge is 0.357 e. The molecule has 1 fully saturated rings. The molecule has 1 saturated carbocycles. The highest BCUT2D eigenvalue weighted by molar-refractivity contribution is 5.79. The van der Waals surface area contributed by atoms with Gasteiger partial charge < -0.3 is 15.2 Å². The van der Waals surface area contributed by atoms with Crippen LogP contribution in [-0.2, 0) is 13.0 Å². The first-order chi connectivity index (χ1) is 12.3. The van der Waals surface area contributed by atoms with Gasteiger partial charge in [0.15, 0.2) is 5.96 Å². The summed E-state index contributed by atoms with van der Waals surface area (Å²) in [6.07, 6.45) is 3.93. The van der Waals surface area contributed by atoms with Crippen molar-refractivity contribution in [1.29, 1.82) is 0 Å². The summed E-state index contributed by atoms with van der Waals surface area (Å²) < 4.78 is 2.09. The fraction of sp³-hybridized carbons (Fsp3) is 0.526. The van der Waals surface area contributed by atoms with Crippen molar-refractivity contribution in [3.05, 3.63) is 48.0 Å². The van der Waals surface area contributed by atoms with E-state index in [9.17, 15) is 0 Å². The molecule has 2 atom stereocenters. The van der Waals surface area contributed by atoms with Crippen molar-refractivity contribution in [2.45, 2.75) is 39.2 Å². The Bertz CT molecular complexity index is 678. The van der Waals surface area contributed by atoms with Crippen molar-refractivity contribution >= 4 is 5.96 Å². The molecule has 1 heterocycles. The van der Waals surface area contributed by atoms with Gasteiger partial charge in [0.1, 0.15) is 12.2 Å². The number of aromatic nitrogens is 3. The van der Waals surface area contributed by atoms with Gasteiger partial charge >= 0.3 is 0 Å². The molecule has 6 nitrogen and oxygen atoms in total. The van der Waals surface area contributed by atoms with Crippen LogP contribution in [0.1, 0.15) is 37.6 Å². The minimum Gasteiger partial charge on any atom is -0.357 e. The number of hydrogen-bond acceptors (Lipinski definition) is 3. The van der Waals surface area contributed by atoms with E-state index in [-0.39, 0.29) is 0 Å². The van der Waals surface area contributed by atoms with E-state index >= 15 is 0 Å². The maximum absolute atomic E-state index is 4.77. The van der Waals surface area contributed by atoms with Crippen LogP contribution in [0.15, 0.2) is 41.7 Å². The molecule has 0 saturated heterocycles. The predicted molar refractivity (Wildman–Crippen MR) is 101 cm³/mol. The Kier molecular flexibility index (Phi) is 6.04. The number of aliphatic imine (C=N–C) groups is 1. The van der Waals surface area contributed by atoms with E-state index in [0.717, 1.165) is 44.4 Å². The first kappa shape index (κ1) is 17.5. The molecular formula is C19H28N6. The standard InChI is InChI=1S/C19H28N6/c1-3-18-24-23-14-25(18)11-10-21-19(20-4-2)22-13-16-12-17(16)15-8-6-5-7-9-15/h5-9,14,16-17H,3-4,10-13H2,1-2H3,(H2,20,21,22). The lowest BCUT2D eigenvalue weighted by Crippen LogP contribution is -2.39. The van der Waals surface area contributed by atoms with Gasteiger partial charge in [-0.2, -0.15) is 0 Å². The highest BCUT2D eigenvalue weighted by Gasteiger charge is 2.37. The Morgan fingerprint density at radius 3 is 2.84 bits per heavy atom. The topological polar surface area (TPSA) is 67.1 Å². The SMILES string of the molecule is CCNC(=NCC1CC1c1ccccc1)NCCn1cnnc1CC. The van der Waals surface area contributed by atoms with E-state index in [1.807, 2.05) is 0 Å². The average molecular weight is 340 g/mol. The van der Waals surface area contributed by atoms with Crippen LogP contribution in [-0.4, -0.2) is 40.4 Å². The predicted octanol–water partition coefficient (Wildman–Crippen LogP) is 2.20. The van der Waals surface area contributed by atoms with Crippen molar-refractivity contribution in [2.75, 3.05) is 19.6 Å². The van der Waals surface area contributed by atoms with Crippen molar-refractivity contribution in [2.24, 2.45) is 10.9 Å². The highest BCUT2D eigenvalue weighted by atomic mass is 15.3. The van der Waals surface area contributed by atoms with Crippen molar-refractivity contribution in [3.8, 4) is 0 Å². The molecule has 0 bridgehead atoms. The number of guanidine groups is 1. The maximum atomic E-state index is 4.77. The van der Waals surface area contributed by atoms with Gasteiger partial charge in [0.25, 0.3) is 0 Å². The lowest BCUT2D eigenvalue weighted by Gasteiger charge is -2.12. The van der Waals surface area contributed by atoms with Crippen LogP contribution in [0, 0.1) is 5.92 Å². The Hall–Kier alpha value is -2.37. The summed E-state index contributed by atoms with van der Waals surface area (Å²) in [5, 5.41) is 14.8. The zero-order valence-electron chi connectivity index (χ0n) is 15.2. The molecule has 6 heteroatoms. The molecule has 25 heavy (non-hydrogen) atoms. The fourth-order valence-electron chi connectivity index (χ4n) is 3.14. The van der Waals surface area contributed by atoms with Gasteiger partial charge in [-0.25, -0.2) is 0 Å². The Morgan fingerprint density at radius 2 is 2.08 bits per heavy atom. The second-order valence-corrected chi connectivity index (χ2v) is 6.45. The molecule has 134 valence electrons. The number of rotatable bonds is 8. The lowest BCUT2D eigenvalue weighted by molar-refractivity contribution is 0.631. The molecule has 1 aromatic carbocycles. The maximum Gasteiger partial charge on any atom is 0.191 e. The van der Waals surface area contributed by atoms with Gasteiger partial charge in [-0.1, -0.05) is 37.3 Å². The molecular weight excluding hydrogens is 312 g/mol. The van der Waals surface area contributed by atoms with Crippen LogP contribution in [0.3, 0.4) is 0 Å². The van der Waals surface area contributed by atoms with E-state index in [1.165, 1.54) is 12.0 Å². The quantitative estimate of drug-likeness (QED) is 0.571. The molecule has 0 radical (unpaired) electrons. The van der Waals surface area contributed by atoms with E-state index in [1.54, 1.807) is 6.33 Å². The number of benzene rings is 1. The molecule has 1 aliphatic rings. The summed E-state index contributed by atoms with van der Waals surface area (Å²) in [6.45, 7) is 7.59. The summed E-state index contributed by atoms with van der Waals surface area (Å²) in [7, 11) is 0. The molecule has 2 N–H and O–H groups in total. The molecule has 0 aliphatic heterocycles. The first-order valence-electron chi connectivity index (χ1n) is 9.25. The number of hydrogen-bond donors (Lipinski definition) is 2. The minimum absolute atomic E-state index is 0.669. The van der Waals surface area contributed by atoms with Crippen LogP contribution in [0.5, 0.6) is 0 Å². The number of aryl methyl sites for hydroxylation is 1. The van der Waals surface area contributed by atoms with Crippen molar-refractivity contribution < 1.29 is 0 Å². The third kappa shape index (κ3) is 4.81. The van der Waals surface area contributed by atoms with Crippen LogP contribution < -0.4 is 10.6 Å². The van der Waals surface area contributed by atoms with Crippen LogP contribution in [0.25, 0.3) is 0 Å². The van der Waals surface area contributed by atoms with E-state index in [4.69, 9.17) is 4.99 Å². The monoisotopic (exact) mass is 340 g/mol. The van der Waals surface area contributed by atoms with Gasteiger partial charge in [-0.3, -0.25) is 4.99 Å². The average Bonchev–Trinajstić information content (AvgIpc) is 3.29. The summed E-state index contributed by atoms with van der Waals surface area (Å²) in [5.41, 5.74) is 1.44. The van der Waals surface area contributed by atoms with E-state index in [0.29, 0.717) is 11.8 Å². The number of nitrogens with one attached hydrogen (secondary N) is 2. The van der Waals surface area contributed by atoms with E-state index < -0.39 is 0 Å². The first-order valence-corrected chi connectivity index (χ1v) is 9.25. The van der Waals surface area contributed by atoms with Crippen LogP contribution in [0.2, 0.25) is 0 Å². The summed E-state index contributed by atoms with van der Waals surface area (Å²) in [5.74, 6) is 3.26.